The summed E-state index contributed by atoms with van der Waals surface area (Å²) in [6.45, 7) is 6.02. The molecule has 1 fully saturated rings. The number of nitrogens with zero attached hydrogens (tertiary/aromatic N) is 1. The van der Waals surface area contributed by atoms with Crippen LogP contribution in [0.1, 0.15) is 57.8 Å². The third kappa shape index (κ3) is 3.18. The minimum atomic E-state index is 0.220. The Labute approximate surface area is 159 Å². The van der Waals surface area contributed by atoms with Gasteiger partial charge >= 0.3 is 0 Å². The number of hydrogen-bond acceptors (Lipinski definition) is 2. The Kier molecular flexibility index (Phi) is 4.86. The van der Waals surface area contributed by atoms with Crippen LogP contribution < -0.4 is 0 Å². The summed E-state index contributed by atoms with van der Waals surface area (Å²) < 4.78 is 0. The number of rotatable bonds is 4. The van der Waals surface area contributed by atoms with Gasteiger partial charge in [-0.2, -0.15) is 0 Å². The monoisotopic (exact) mass is 366 g/mol. The number of nitrogens with one attached hydrogen (secondary N) is 1. The molecule has 0 unspecified atom stereocenters. The van der Waals surface area contributed by atoms with E-state index in [0.29, 0.717) is 5.92 Å². The van der Waals surface area contributed by atoms with Crippen molar-refractivity contribution in [3.63, 3.8) is 0 Å². The largest absolute Gasteiger partial charge is 0.361 e. The van der Waals surface area contributed by atoms with E-state index in [-0.39, 0.29) is 5.91 Å². The first-order valence-corrected chi connectivity index (χ1v) is 10.4. The number of carbonyl (C=O) groups is 1. The lowest BCUT2D eigenvalue weighted by Crippen LogP contribution is -2.37. The molecule has 0 spiro atoms. The Balaban J connectivity index is 1.45. The number of aryl methyl sites for hydroxylation is 2. The van der Waals surface area contributed by atoms with E-state index in [0.717, 1.165) is 43.6 Å². The van der Waals surface area contributed by atoms with Gasteiger partial charge in [-0.15, -0.1) is 11.3 Å². The highest BCUT2D eigenvalue weighted by molar-refractivity contribution is 7.14. The zero-order valence-corrected chi connectivity index (χ0v) is 16.4. The van der Waals surface area contributed by atoms with Crippen LogP contribution in [0.2, 0.25) is 0 Å². The molecule has 4 heteroatoms. The summed E-state index contributed by atoms with van der Waals surface area (Å²) in [5, 5.41) is 1.33. The Morgan fingerprint density at radius 3 is 2.81 bits per heavy atom. The minimum absolute atomic E-state index is 0.220. The number of amides is 1. The molecule has 2 aromatic heterocycles. The average Bonchev–Trinajstić information content (AvgIpc) is 3.26. The Hall–Kier alpha value is -2.07. The van der Waals surface area contributed by atoms with Crippen LogP contribution in [0.3, 0.4) is 0 Å². The first-order valence-electron chi connectivity index (χ1n) is 9.62. The van der Waals surface area contributed by atoms with Gasteiger partial charge in [0.05, 0.1) is 4.88 Å². The Morgan fingerprint density at radius 2 is 2.04 bits per heavy atom. The van der Waals surface area contributed by atoms with Gasteiger partial charge in [-0.1, -0.05) is 31.5 Å². The number of hydrogen-bond donors (Lipinski definition) is 1. The predicted octanol–water partition coefficient (Wildman–Crippen LogP) is 5.51. The molecule has 3 heterocycles. The summed E-state index contributed by atoms with van der Waals surface area (Å²) in [5.74, 6) is 0.758. The minimum Gasteiger partial charge on any atom is -0.361 e. The van der Waals surface area contributed by atoms with Crippen molar-refractivity contribution < 1.29 is 4.79 Å². The summed E-state index contributed by atoms with van der Waals surface area (Å²) in [5.41, 5.74) is 3.96. The lowest BCUT2D eigenvalue weighted by atomic mass is 9.89. The van der Waals surface area contributed by atoms with E-state index >= 15 is 0 Å². The molecule has 1 N–H and O–H groups in total. The maximum Gasteiger partial charge on any atom is 0.263 e. The smallest absolute Gasteiger partial charge is 0.263 e. The van der Waals surface area contributed by atoms with Gasteiger partial charge < -0.3 is 9.88 Å². The second-order valence-electron chi connectivity index (χ2n) is 7.30. The number of fused-ring (bicyclic) bond motifs is 1. The van der Waals surface area contributed by atoms with E-state index in [1.165, 1.54) is 26.9 Å². The molecule has 136 valence electrons. The number of aromatic nitrogens is 1. The van der Waals surface area contributed by atoms with E-state index in [4.69, 9.17) is 0 Å². The molecule has 0 bridgehead atoms. The van der Waals surface area contributed by atoms with Gasteiger partial charge in [-0.3, -0.25) is 4.79 Å². The first kappa shape index (κ1) is 17.3. The van der Waals surface area contributed by atoms with Gasteiger partial charge in [0.15, 0.2) is 0 Å². The van der Waals surface area contributed by atoms with Crippen LogP contribution in [0, 0.1) is 6.92 Å². The number of aromatic amines is 1. The van der Waals surface area contributed by atoms with Crippen LogP contribution in [-0.2, 0) is 6.42 Å². The number of piperidine rings is 1. The maximum atomic E-state index is 12.9. The topological polar surface area (TPSA) is 36.1 Å². The molecule has 3 nitrogen and oxygen atoms in total. The van der Waals surface area contributed by atoms with Crippen LogP contribution in [-0.4, -0.2) is 28.9 Å². The molecular weight excluding hydrogens is 340 g/mol. The molecule has 1 saturated heterocycles. The molecule has 0 aliphatic carbocycles. The standard InChI is InChI=1S/C22H26N2OS/c1-3-6-17-13-21(26-15(17)2)22(25)24-11-9-16(10-12-24)19-14-23-20-8-5-4-7-18(19)20/h4-5,7-8,13-14,16,23H,3,6,9-12H2,1-2H3. The quantitative estimate of drug-likeness (QED) is 0.649. The fourth-order valence-electron chi connectivity index (χ4n) is 4.12. The van der Waals surface area contributed by atoms with Crippen molar-refractivity contribution in [2.75, 3.05) is 13.1 Å². The van der Waals surface area contributed by atoms with Crippen molar-refractivity contribution in [1.29, 1.82) is 0 Å². The summed E-state index contributed by atoms with van der Waals surface area (Å²) in [6, 6.07) is 10.6. The highest BCUT2D eigenvalue weighted by Gasteiger charge is 2.27. The summed E-state index contributed by atoms with van der Waals surface area (Å²) in [4.78, 5) is 20.5. The number of thiophene rings is 1. The number of para-hydroxylation sites is 1. The van der Waals surface area contributed by atoms with Gasteiger partial charge in [-0.05, 0) is 55.4 Å². The van der Waals surface area contributed by atoms with Crippen molar-refractivity contribution in [1.82, 2.24) is 9.88 Å². The molecular formula is C22H26N2OS. The van der Waals surface area contributed by atoms with Crippen LogP contribution in [0.15, 0.2) is 36.5 Å². The molecule has 1 amide bonds. The molecule has 0 radical (unpaired) electrons. The molecule has 1 aromatic carbocycles. The molecule has 0 saturated carbocycles. The second-order valence-corrected chi connectivity index (χ2v) is 8.55. The van der Waals surface area contributed by atoms with Crippen molar-refractivity contribution in [3.05, 3.63) is 57.4 Å². The van der Waals surface area contributed by atoms with Crippen molar-refractivity contribution in [2.24, 2.45) is 0 Å². The van der Waals surface area contributed by atoms with Crippen molar-refractivity contribution >= 4 is 28.1 Å². The van der Waals surface area contributed by atoms with Crippen molar-refractivity contribution in [3.8, 4) is 0 Å². The molecule has 4 rings (SSSR count). The molecule has 26 heavy (non-hydrogen) atoms. The van der Waals surface area contributed by atoms with E-state index in [9.17, 15) is 4.79 Å². The molecule has 0 atom stereocenters. The average molecular weight is 367 g/mol. The SMILES string of the molecule is CCCc1cc(C(=O)N2CCC(c3c[nH]c4ccccc34)CC2)sc1C. The van der Waals surface area contributed by atoms with Gasteiger partial charge in [-0.25, -0.2) is 0 Å². The zero-order valence-electron chi connectivity index (χ0n) is 15.5. The zero-order chi connectivity index (χ0) is 18.1. The van der Waals surface area contributed by atoms with Crippen LogP contribution in [0.5, 0.6) is 0 Å². The Bertz CT molecular complexity index is 915. The molecule has 1 aliphatic rings. The van der Waals surface area contributed by atoms with E-state index in [2.05, 4.69) is 55.4 Å². The van der Waals surface area contributed by atoms with Crippen LogP contribution in [0.25, 0.3) is 10.9 Å². The van der Waals surface area contributed by atoms with Crippen molar-refractivity contribution in [2.45, 2.75) is 45.4 Å². The summed E-state index contributed by atoms with van der Waals surface area (Å²) in [6.07, 6.45) is 6.44. The lowest BCUT2D eigenvalue weighted by Gasteiger charge is -2.31. The van der Waals surface area contributed by atoms with Crippen LogP contribution >= 0.6 is 11.3 Å². The number of carbonyl (C=O) groups excluding carboxylic acids is 1. The number of benzene rings is 1. The second kappa shape index (κ2) is 7.28. The number of likely N-dealkylation sites (tertiary alicyclic amines) is 1. The fourth-order valence-corrected chi connectivity index (χ4v) is 5.16. The van der Waals surface area contributed by atoms with Crippen LogP contribution in [0.4, 0.5) is 0 Å². The van der Waals surface area contributed by atoms with Gasteiger partial charge in [0, 0.05) is 35.1 Å². The third-order valence-electron chi connectivity index (χ3n) is 5.59. The van der Waals surface area contributed by atoms with Gasteiger partial charge in [0.25, 0.3) is 5.91 Å². The lowest BCUT2D eigenvalue weighted by molar-refractivity contribution is 0.0718. The normalized spacial score (nSPS) is 15.7. The van der Waals surface area contributed by atoms with Gasteiger partial charge in [0.2, 0.25) is 0 Å². The molecule has 1 aliphatic heterocycles. The fraction of sp³-hybridized carbons (Fsp3) is 0.409. The highest BCUT2D eigenvalue weighted by Crippen LogP contribution is 2.34. The summed E-state index contributed by atoms with van der Waals surface area (Å²) in [7, 11) is 0. The van der Waals surface area contributed by atoms with E-state index in [1.54, 1.807) is 11.3 Å². The molecule has 3 aromatic rings. The van der Waals surface area contributed by atoms with Gasteiger partial charge in [0.1, 0.15) is 0 Å². The van der Waals surface area contributed by atoms with E-state index in [1.807, 2.05) is 4.90 Å². The third-order valence-corrected chi connectivity index (χ3v) is 6.67. The van der Waals surface area contributed by atoms with E-state index < -0.39 is 0 Å². The summed E-state index contributed by atoms with van der Waals surface area (Å²) >= 11 is 1.66. The number of H-pyrrole nitrogens is 1. The highest BCUT2D eigenvalue weighted by atomic mass is 32.1. The maximum absolute atomic E-state index is 12.9. The first-order chi connectivity index (χ1) is 12.7. The predicted molar refractivity (Wildman–Crippen MR) is 109 cm³/mol. The Morgan fingerprint density at radius 1 is 1.27 bits per heavy atom.